The van der Waals surface area contributed by atoms with Crippen LogP contribution >= 0.6 is 0 Å². The Morgan fingerprint density at radius 1 is 1.29 bits per heavy atom. The number of nitrogens with two attached hydrogens (primary N) is 1. The van der Waals surface area contributed by atoms with Crippen LogP contribution in [0.1, 0.15) is 34.6 Å². The largest absolute Gasteiger partial charge is 0.353 e. The van der Waals surface area contributed by atoms with E-state index < -0.39 is 6.04 Å². The number of rotatable bonds is 5. The first-order valence-electron chi connectivity index (χ1n) is 6.05. The summed E-state index contributed by atoms with van der Waals surface area (Å²) in [6.07, 6.45) is 0. The molecule has 0 bridgehead atoms. The molecule has 100 valence electrons. The highest BCUT2D eigenvalue weighted by atomic mass is 16.2. The minimum Gasteiger partial charge on any atom is -0.353 e. The Morgan fingerprint density at radius 3 is 2.18 bits per heavy atom. The summed E-state index contributed by atoms with van der Waals surface area (Å²) >= 11 is 0. The van der Waals surface area contributed by atoms with Crippen molar-refractivity contribution in [3.05, 3.63) is 0 Å². The van der Waals surface area contributed by atoms with Crippen LogP contribution in [-0.4, -0.2) is 41.9 Å². The van der Waals surface area contributed by atoms with E-state index in [0.717, 1.165) is 0 Å². The average molecular weight is 243 g/mol. The number of guanidine groups is 1. The van der Waals surface area contributed by atoms with Gasteiger partial charge >= 0.3 is 0 Å². The molecule has 0 aromatic carbocycles. The molecule has 0 aliphatic rings. The molecule has 1 unspecified atom stereocenters. The van der Waals surface area contributed by atoms with Gasteiger partial charge in [0.25, 0.3) is 0 Å². The van der Waals surface area contributed by atoms with Crippen molar-refractivity contribution in [3.8, 4) is 0 Å². The van der Waals surface area contributed by atoms with Gasteiger partial charge in [0.1, 0.15) is 6.04 Å². The normalized spacial score (nSPS) is 13.5. The number of aliphatic imine (C=N–C) groups is 1. The summed E-state index contributed by atoms with van der Waals surface area (Å²) in [5.74, 6) is 5.79. The lowest BCUT2D eigenvalue weighted by Gasteiger charge is -2.22. The zero-order valence-corrected chi connectivity index (χ0v) is 11.4. The molecule has 0 aliphatic heterocycles. The van der Waals surface area contributed by atoms with Crippen molar-refractivity contribution >= 4 is 11.9 Å². The monoisotopic (exact) mass is 243 g/mol. The van der Waals surface area contributed by atoms with Gasteiger partial charge in [-0.25, -0.2) is 10.8 Å². The first kappa shape index (κ1) is 15.7. The quantitative estimate of drug-likeness (QED) is 0.276. The summed E-state index contributed by atoms with van der Waals surface area (Å²) in [7, 11) is 0. The highest BCUT2D eigenvalue weighted by Crippen LogP contribution is 1.99. The smallest absolute Gasteiger partial charge is 0.247 e. The van der Waals surface area contributed by atoms with Gasteiger partial charge in [-0.1, -0.05) is 0 Å². The molecule has 0 spiro atoms. The second-order valence-corrected chi connectivity index (χ2v) is 4.11. The van der Waals surface area contributed by atoms with E-state index in [4.69, 9.17) is 5.84 Å². The standard InChI is InChI=1S/C11H25N5O/c1-6-16(7-2)10(17)9(5)14-11(15-12)13-8(3)4/h8-9H,6-7,12H2,1-5H3,(H2,13,14,15). The maximum Gasteiger partial charge on any atom is 0.247 e. The number of carbonyl (C=O) groups excluding carboxylic acids is 1. The number of hydrogen-bond acceptors (Lipinski definition) is 3. The van der Waals surface area contributed by atoms with E-state index >= 15 is 0 Å². The fourth-order valence-corrected chi connectivity index (χ4v) is 1.44. The molecule has 4 N–H and O–H groups in total. The van der Waals surface area contributed by atoms with Crippen LogP contribution in [0.5, 0.6) is 0 Å². The van der Waals surface area contributed by atoms with Crippen LogP contribution in [0.3, 0.4) is 0 Å². The Bertz CT molecular complexity index is 261. The van der Waals surface area contributed by atoms with E-state index in [9.17, 15) is 4.79 Å². The molecular weight excluding hydrogens is 218 g/mol. The molecule has 0 heterocycles. The van der Waals surface area contributed by atoms with Gasteiger partial charge in [-0.3, -0.25) is 10.2 Å². The second kappa shape index (κ2) is 7.89. The molecule has 0 aromatic heterocycles. The van der Waals surface area contributed by atoms with Crippen LogP contribution in [0.2, 0.25) is 0 Å². The van der Waals surface area contributed by atoms with Crippen LogP contribution < -0.4 is 16.6 Å². The first-order chi connectivity index (χ1) is 7.96. The van der Waals surface area contributed by atoms with Crippen molar-refractivity contribution in [2.75, 3.05) is 13.1 Å². The van der Waals surface area contributed by atoms with Gasteiger partial charge in [-0.2, -0.15) is 0 Å². The molecular formula is C11H25N5O. The fraction of sp³-hybridized carbons (Fsp3) is 0.818. The zero-order chi connectivity index (χ0) is 13.4. The topological polar surface area (TPSA) is 82.8 Å². The maximum atomic E-state index is 12.0. The van der Waals surface area contributed by atoms with E-state index in [1.54, 1.807) is 11.8 Å². The molecule has 0 aromatic rings. The molecule has 0 rings (SSSR count). The Kier molecular flexibility index (Phi) is 7.29. The van der Waals surface area contributed by atoms with E-state index in [-0.39, 0.29) is 11.9 Å². The van der Waals surface area contributed by atoms with Gasteiger partial charge in [-0.05, 0) is 34.6 Å². The van der Waals surface area contributed by atoms with Gasteiger partial charge in [-0.15, -0.1) is 0 Å². The van der Waals surface area contributed by atoms with Crippen LogP contribution in [0.15, 0.2) is 4.99 Å². The molecule has 1 atom stereocenters. The Morgan fingerprint density at radius 2 is 1.82 bits per heavy atom. The van der Waals surface area contributed by atoms with E-state index in [1.807, 2.05) is 27.7 Å². The van der Waals surface area contributed by atoms with Gasteiger partial charge in [0.15, 0.2) is 0 Å². The first-order valence-corrected chi connectivity index (χ1v) is 6.05. The van der Waals surface area contributed by atoms with Crippen LogP contribution in [0.25, 0.3) is 0 Å². The number of hydrazine groups is 1. The van der Waals surface area contributed by atoms with Gasteiger partial charge < -0.3 is 10.2 Å². The number of amides is 1. The molecule has 0 fully saturated rings. The summed E-state index contributed by atoms with van der Waals surface area (Å²) in [4.78, 5) is 17.9. The van der Waals surface area contributed by atoms with Crippen molar-refractivity contribution in [1.29, 1.82) is 0 Å². The van der Waals surface area contributed by atoms with E-state index in [1.165, 1.54) is 0 Å². The summed E-state index contributed by atoms with van der Waals surface area (Å²) in [5.41, 5.74) is 2.46. The van der Waals surface area contributed by atoms with Gasteiger partial charge in [0.2, 0.25) is 11.9 Å². The molecule has 0 radical (unpaired) electrons. The fourth-order valence-electron chi connectivity index (χ4n) is 1.44. The molecule has 17 heavy (non-hydrogen) atoms. The Hall–Kier alpha value is -1.30. The minimum atomic E-state index is -0.438. The number of carbonyl (C=O) groups is 1. The minimum absolute atomic E-state index is 0.00769. The molecule has 0 aliphatic carbocycles. The third-order valence-electron chi connectivity index (χ3n) is 2.32. The number of likely N-dealkylation sites (N-methyl/N-ethyl adjacent to an activating group) is 1. The Labute approximate surface area is 104 Å². The predicted octanol–water partition coefficient (Wildman–Crippen LogP) is 0.0606. The van der Waals surface area contributed by atoms with Gasteiger partial charge in [0.05, 0.1) is 0 Å². The molecule has 0 saturated carbocycles. The highest BCUT2D eigenvalue weighted by Gasteiger charge is 2.17. The van der Waals surface area contributed by atoms with Crippen molar-refractivity contribution in [2.45, 2.75) is 46.7 Å². The van der Waals surface area contributed by atoms with Crippen LogP contribution in [0, 0.1) is 0 Å². The van der Waals surface area contributed by atoms with Gasteiger partial charge in [0, 0.05) is 19.1 Å². The molecule has 0 saturated heterocycles. The zero-order valence-electron chi connectivity index (χ0n) is 11.4. The average Bonchev–Trinajstić information content (AvgIpc) is 2.28. The summed E-state index contributed by atoms with van der Waals surface area (Å²) in [6.45, 7) is 11.0. The summed E-state index contributed by atoms with van der Waals surface area (Å²) in [6, 6.07) is -0.229. The lowest BCUT2D eigenvalue weighted by atomic mass is 10.3. The van der Waals surface area contributed by atoms with Crippen molar-refractivity contribution < 1.29 is 4.79 Å². The SMILES string of the molecule is CCN(CC)C(=O)C(C)N=C(NN)NC(C)C. The number of nitrogens with one attached hydrogen (secondary N) is 2. The van der Waals surface area contributed by atoms with Crippen molar-refractivity contribution in [1.82, 2.24) is 15.6 Å². The molecule has 6 heteroatoms. The van der Waals surface area contributed by atoms with Crippen LogP contribution in [-0.2, 0) is 4.79 Å². The lowest BCUT2D eigenvalue weighted by molar-refractivity contribution is -0.131. The molecule has 1 amide bonds. The van der Waals surface area contributed by atoms with E-state index in [0.29, 0.717) is 19.0 Å². The lowest BCUT2D eigenvalue weighted by Crippen LogP contribution is -2.46. The van der Waals surface area contributed by atoms with Crippen LogP contribution in [0.4, 0.5) is 0 Å². The third-order valence-corrected chi connectivity index (χ3v) is 2.32. The summed E-state index contributed by atoms with van der Waals surface area (Å²) < 4.78 is 0. The third kappa shape index (κ3) is 5.53. The highest BCUT2D eigenvalue weighted by molar-refractivity contribution is 5.86. The second-order valence-electron chi connectivity index (χ2n) is 4.11. The summed E-state index contributed by atoms with van der Waals surface area (Å²) in [5, 5.41) is 3.03. The maximum absolute atomic E-state index is 12.0. The van der Waals surface area contributed by atoms with Crippen molar-refractivity contribution in [2.24, 2.45) is 10.8 Å². The number of hydrogen-bond donors (Lipinski definition) is 3. The molecule has 6 nitrogen and oxygen atoms in total. The number of nitrogens with zero attached hydrogens (tertiary/aromatic N) is 2. The van der Waals surface area contributed by atoms with Crippen molar-refractivity contribution in [3.63, 3.8) is 0 Å². The Balaban J connectivity index is 4.61. The predicted molar refractivity (Wildman–Crippen MR) is 70.4 cm³/mol. The van der Waals surface area contributed by atoms with E-state index in [2.05, 4.69) is 15.7 Å².